The van der Waals surface area contributed by atoms with Gasteiger partial charge in [0.25, 0.3) is 11.8 Å². The summed E-state index contributed by atoms with van der Waals surface area (Å²) in [6.07, 6.45) is 3.71. The summed E-state index contributed by atoms with van der Waals surface area (Å²) in [5.41, 5.74) is 0.924. The highest BCUT2D eigenvalue weighted by Crippen LogP contribution is 2.15. The fourth-order valence-electron chi connectivity index (χ4n) is 3.26. The predicted molar refractivity (Wildman–Crippen MR) is 107 cm³/mol. The molecule has 2 aromatic heterocycles. The molecule has 1 aliphatic rings. The Labute approximate surface area is 165 Å². The lowest BCUT2D eigenvalue weighted by Crippen LogP contribution is -2.41. The molecule has 0 atom stereocenters. The maximum atomic E-state index is 12.8. The summed E-state index contributed by atoms with van der Waals surface area (Å²) in [5.74, 6) is -0.165. The summed E-state index contributed by atoms with van der Waals surface area (Å²) in [4.78, 5) is 33.9. The number of nitrogens with zero attached hydrogens (tertiary/aromatic N) is 4. The number of fused-ring (bicyclic) bond motifs is 1. The highest BCUT2D eigenvalue weighted by Gasteiger charge is 2.23. The molecule has 1 aliphatic heterocycles. The second kappa shape index (κ2) is 9.66. The van der Waals surface area contributed by atoms with Crippen LogP contribution in [0.3, 0.4) is 0 Å². The summed E-state index contributed by atoms with van der Waals surface area (Å²) in [6.45, 7) is 7.28. The van der Waals surface area contributed by atoms with Crippen LogP contribution in [0.4, 0.5) is 0 Å². The average Bonchev–Trinajstić information content (AvgIpc) is 3.12. The number of hydrogen-bond donors (Lipinski definition) is 1. The van der Waals surface area contributed by atoms with Crippen molar-refractivity contribution in [1.29, 1.82) is 0 Å². The van der Waals surface area contributed by atoms with E-state index in [1.807, 2.05) is 18.2 Å². The van der Waals surface area contributed by atoms with Crippen molar-refractivity contribution in [1.82, 2.24) is 24.5 Å². The summed E-state index contributed by atoms with van der Waals surface area (Å²) in [6, 6.07) is 5.49. The number of carbonyl (C=O) groups is 2. The van der Waals surface area contributed by atoms with Crippen LogP contribution >= 0.6 is 0 Å². The Hall–Kier alpha value is -2.45. The molecule has 8 heteroatoms. The van der Waals surface area contributed by atoms with Crippen molar-refractivity contribution < 1.29 is 14.3 Å². The Kier molecular flexibility index (Phi) is 7.00. The van der Waals surface area contributed by atoms with Crippen molar-refractivity contribution >= 4 is 17.3 Å². The standard InChI is InChI=1S/C20H29N5O3/c1-3-4-9-23(2)20(27)18-22-17(16-7-5-6-10-25(16)18)19(26)21-8-11-24-12-14-28-15-13-24/h5-7,10H,3-4,8-9,11-15H2,1-2H3,(H,21,26). The normalized spacial score (nSPS) is 14.9. The number of amides is 2. The zero-order valence-electron chi connectivity index (χ0n) is 16.7. The van der Waals surface area contributed by atoms with E-state index >= 15 is 0 Å². The molecule has 0 radical (unpaired) electrons. The molecular weight excluding hydrogens is 358 g/mol. The molecule has 0 saturated carbocycles. The first kappa shape index (κ1) is 20.3. The third-order valence-corrected chi connectivity index (χ3v) is 4.97. The van der Waals surface area contributed by atoms with E-state index in [0.29, 0.717) is 18.6 Å². The summed E-state index contributed by atoms with van der Waals surface area (Å²) < 4.78 is 7.03. The quantitative estimate of drug-likeness (QED) is 0.738. The smallest absolute Gasteiger partial charge is 0.289 e. The van der Waals surface area contributed by atoms with E-state index in [0.717, 1.165) is 45.7 Å². The molecule has 3 rings (SSSR count). The lowest BCUT2D eigenvalue weighted by molar-refractivity contribution is 0.0383. The molecule has 152 valence electrons. The first-order chi connectivity index (χ1) is 13.6. The van der Waals surface area contributed by atoms with E-state index in [4.69, 9.17) is 4.74 Å². The number of pyridine rings is 1. The number of imidazole rings is 1. The van der Waals surface area contributed by atoms with Gasteiger partial charge in [-0.3, -0.25) is 18.9 Å². The highest BCUT2D eigenvalue weighted by atomic mass is 16.5. The fourth-order valence-corrected chi connectivity index (χ4v) is 3.26. The Balaban J connectivity index is 1.72. The summed E-state index contributed by atoms with van der Waals surface area (Å²) >= 11 is 0. The third kappa shape index (κ3) is 4.69. The van der Waals surface area contributed by atoms with Gasteiger partial charge in [0.05, 0.1) is 18.7 Å². The number of nitrogens with one attached hydrogen (secondary N) is 1. The number of hydrogen-bond acceptors (Lipinski definition) is 5. The molecular formula is C20H29N5O3. The van der Waals surface area contributed by atoms with Gasteiger partial charge < -0.3 is 15.0 Å². The number of aromatic nitrogens is 2. The number of morpholine rings is 1. The maximum Gasteiger partial charge on any atom is 0.289 e. The van der Waals surface area contributed by atoms with Gasteiger partial charge in [-0.1, -0.05) is 19.4 Å². The lowest BCUT2D eigenvalue weighted by atomic mass is 10.3. The molecule has 1 fully saturated rings. The molecule has 0 spiro atoms. The van der Waals surface area contributed by atoms with Gasteiger partial charge in [-0.05, 0) is 18.6 Å². The number of ether oxygens (including phenoxy) is 1. The topological polar surface area (TPSA) is 79.2 Å². The molecule has 2 amide bonds. The molecule has 0 aromatic carbocycles. The predicted octanol–water partition coefficient (Wildman–Crippen LogP) is 1.27. The molecule has 1 N–H and O–H groups in total. The zero-order chi connectivity index (χ0) is 19.9. The number of carbonyl (C=O) groups excluding carboxylic acids is 2. The van der Waals surface area contributed by atoms with Crippen molar-refractivity contribution in [3.63, 3.8) is 0 Å². The van der Waals surface area contributed by atoms with E-state index in [-0.39, 0.29) is 23.3 Å². The molecule has 28 heavy (non-hydrogen) atoms. The highest BCUT2D eigenvalue weighted by molar-refractivity contribution is 6.02. The second-order valence-electron chi connectivity index (χ2n) is 7.03. The van der Waals surface area contributed by atoms with Gasteiger partial charge in [0.15, 0.2) is 5.69 Å². The van der Waals surface area contributed by atoms with E-state index in [1.54, 1.807) is 22.5 Å². The van der Waals surface area contributed by atoms with Crippen LogP contribution in [0.5, 0.6) is 0 Å². The van der Waals surface area contributed by atoms with Crippen LogP contribution < -0.4 is 5.32 Å². The van der Waals surface area contributed by atoms with Crippen LogP contribution in [0.25, 0.3) is 5.52 Å². The monoisotopic (exact) mass is 387 g/mol. The number of unbranched alkanes of at least 4 members (excludes halogenated alkanes) is 1. The van der Waals surface area contributed by atoms with E-state index in [1.165, 1.54) is 0 Å². The van der Waals surface area contributed by atoms with Crippen molar-refractivity contribution in [3.05, 3.63) is 35.9 Å². The lowest BCUT2D eigenvalue weighted by Gasteiger charge is -2.26. The van der Waals surface area contributed by atoms with Crippen LogP contribution in [-0.4, -0.2) is 84.0 Å². The van der Waals surface area contributed by atoms with E-state index < -0.39 is 0 Å². The average molecular weight is 387 g/mol. The van der Waals surface area contributed by atoms with Gasteiger partial charge in [-0.25, -0.2) is 4.98 Å². The van der Waals surface area contributed by atoms with Crippen LogP contribution in [0, 0.1) is 0 Å². The van der Waals surface area contributed by atoms with Crippen LogP contribution in [0.1, 0.15) is 40.9 Å². The van der Waals surface area contributed by atoms with Crippen LogP contribution in [0.15, 0.2) is 24.4 Å². The second-order valence-corrected chi connectivity index (χ2v) is 7.03. The third-order valence-electron chi connectivity index (χ3n) is 4.97. The van der Waals surface area contributed by atoms with Gasteiger partial charge in [0.2, 0.25) is 5.82 Å². The van der Waals surface area contributed by atoms with Crippen molar-refractivity contribution in [2.24, 2.45) is 0 Å². The van der Waals surface area contributed by atoms with Gasteiger partial charge in [0.1, 0.15) is 0 Å². The molecule has 0 aliphatic carbocycles. The van der Waals surface area contributed by atoms with Crippen LogP contribution in [-0.2, 0) is 4.74 Å². The Morgan fingerprint density at radius 2 is 2.07 bits per heavy atom. The van der Waals surface area contributed by atoms with Gasteiger partial charge in [0, 0.05) is 46.0 Å². The zero-order valence-corrected chi connectivity index (χ0v) is 16.7. The largest absolute Gasteiger partial charge is 0.379 e. The fraction of sp³-hybridized carbons (Fsp3) is 0.550. The van der Waals surface area contributed by atoms with Crippen LogP contribution in [0.2, 0.25) is 0 Å². The Morgan fingerprint density at radius 3 is 2.82 bits per heavy atom. The van der Waals surface area contributed by atoms with Gasteiger partial charge in [-0.15, -0.1) is 0 Å². The minimum Gasteiger partial charge on any atom is -0.379 e. The molecule has 2 aromatic rings. The minimum absolute atomic E-state index is 0.179. The van der Waals surface area contributed by atoms with E-state index in [9.17, 15) is 9.59 Å². The molecule has 0 bridgehead atoms. The van der Waals surface area contributed by atoms with Crippen molar-refractivity contribution in [2.45, 2.75) is 19.8 Å². The Morgan fingerprint density at radius 1 is 1.29 bits per heavy atom. The van der Waals surface area contributed by atoms with E-state index in [2.05, 4.69) is 22.1 Å². The number of rotatable bonds is 8. The minimum atomic E-state index is -0.257. The van der Waals surface area contributed by atoms with Gasteiger partial charge in [-0.2, -0.15) is 0 Å². The SMILES string of the molecule is CCCCN(C)C(=O)c1nc(C(=O)NCCN2CCOCC2)c2ccccn12. The molecule has 8 nitrogen and oxygen atoms in total. The van der Waals surface area contributed by atoms with Gasteiger partial charge >= 0.3 is 0 Å². The van der Waals surface area contributed by atoms with Crippen molar-refractivity contribution in [3.8, 4) is 0 Å². The van der Waals surface area contributed by atoms with Crippen molar-refractivity contribution in [2.75, 3.05) is 53.0 Å². The molecule has 0 unspecified atom stereocenters. The summed E-state index contributed by atoms with van der Waals surface area (Å²) in [7, 11) is 1.77. The Bertz CT molecular complexity index is 813. The first-order valence-electron chi connectivity index (χ1n) is 9.92. The molecule has 3 heterocycles. The molecule has 1 saturated heterocycles. The first-order valence-corrected chi connectivity index (χ1v) is 9.92. The maximum absolute atomic E-state index is 12.8. The summed E-state index contributed by atoms with van der Waals surface area (Å²) in [5, 5.41) is 2.93.